The molecule has 234 valence electrons. The number of anilines is 1. The first-order chi connectivity index (χ1) is 20.9. The number of halogens is 1. The molecule has 0 saturated carbocycles. The van der Waals surface area contributed by atoms with E-state index in [1.165, 1.54) is 6.07 Å². The van der Waals surface area contributed by atoms with E-state index in [2.05, 4.69) is 10.2 Å². The van der Waals surface area contributed by atoms with Crippen LogP contribution in [0.2, 0.25) is 0 Å². The molecule has 0 unspecified atom stereocenters. The van der Waals surface area contributed by atoms with Crippen LogP contribution in [0.3, 0.4) is 0 Å². The van der Waals surface area contributed by atoms with E-state index in [0.717, 1.165) is 17.5 Å². The highest BCUT2D eigenvalue weighted by atomic mass is 19.1. The predicted octanol–water partition coefficient (Wildman–Crippen LogP) is 5.54. The molecule has 3 aromatic heterocycles. The van der Waals surface area contributed by atoms with Gasteiger partial charge in [0, 0.05) is 41.4 Å². The highest BCUT2D eigenvalue weighted by Gasteiger charge is 2.35. The fraction of sp³-hybridized carbons (Fsp3) is 0.500. The summed E-state index contributed by atoms with van der Waals surface area (Å²) < 4.78 is 41.1. The van der Waals surface area contributed by atoms with Crippen LogP contribution in [-0.4, -0.2) is 68.8 Å². The van der Waals surface area contributed by atoms with Crippen LogP contribution in [0.1, 0.15) is 62.6 Å². The van der Waals surface area contributed by atoms with E-state index in [0.29, 0.717) is 77.9 Å². The number of nitrogens with zero attached hydrogens (tertiary/aromatic N) is 5. The number of carbonyl (C=O) groups is 1. The smallest absolute Gasteiger partial charge is 0.337 e. The fourth-order valence-corrected chi connectivity index (χ4v) is 6.22. The van der Waals surface area contributed by atoms with Gasteiger partial charge in [-0.1, -0.05) is 5.10 Å². The first kappa shape index (κ1) is 30.0. The molecule has 1 aromatic carbocycles. The van der Waals surface area contributed by atoms with Gasteiger partial charge in [0.2, 0.25) is 0 Å². The van der Waals surface area contributed by atoms with Gasteiger partial charge in [0.15, 0.2) is 17.7 Å². The van der Waals surface area contributed by atoms with E-state index in [1.54, 1.807) is 27.7 Å². The number of aryl methyl sites for hydroxylation is 2. The van der Waals surface area contributed by atoms with E-state index in [1.807, 2.05) is 36.4 Å². The van der Waals surface area contributed by atoms with Crippen molar-refractivity contribution in [2.75, 3.05) is 31.3 Å². The average molecular weight is 608 g/mol. The lowest BCUT2D eigenvalue weighted by atomic mass is 9.86. The predicted molar refractivity (Wildman–Crippen MR) is 162 cm³/mol. The van der Waals surface area contributed by atoms with E-state index < -0.39 is 23.5 Å². The van der Waals surface area contributed by atoms with Gasteiger partial charge in [-0.25, -0.2) is 14.2 Å². The fourth-order valence-electron chi connectivity index (χ4n) is 6.22. The second-order valence-corrected chi connectivity index (χ2v) is 12.6. The lowest BCUT2D eigenvalue weighted by molar-refractivity contribution is -0.160. The zero-order valence-electron chi connectivity index (χ0n) is 26.2. The average Bonchev–Trinajstić information content (AvgIpc) is 3.58. The minimum absolute atomic E-state index is 0.0737. The number of ether oxygens (including phenoxy) is 3. The number of hydrogen-bond acceptors (Lipinski definition) is 9. The van der Waals surface area contributed by atoms with Gasteiger partial charge in [-0.3, -0.25) is 0 Å². The quantitative estimate of drug-likeness (QED) is 0.299. The third-order valence-electron chi connectivity index (χ3n) is 8.31. The molecule has 11 nitrogen and oxygen atoms in total. The molecule has 44 heavy (non-hydrogen) atoms. The molecule has 0 bridgehead atoms. The van der Waals surface area contributed by atoms with Crippen LogP contribution >= 0.6 is 0 Å². The second-order valence-electron chi connectivity index (χ2n) is 12.6. The normalized spacial score (nSPS) is 17.9. The number of carboxylic acids is 1. The Morgan fingerprint density at radius 2 is 1.98 bits per heavy atom. The maximum atomic E-state index is 15.7. The lowest BCUT2D eigenvalue weighted by Crippen LogP contribution is -2.43. The van der Waals surface area contributed by atoms with Crippen LogP contribution < -0.4 is 9.64 Å². The van der Waals surface area contributed by atoms with Gasteiger partial charge < -0.3 is 33.2 Å². The maximum absolute atomic E-state index is 15.7. The summed E-state index contributed by atoms with van der Waals surface area (Å²) in [5.41, 5.74) is 3.89. The molecule has 1 fully saturated rings. The van der Waals surface area contributed by atoms with Crippen LogP contribution in [-0.2, 0) is 27.7 Å². The van der Waals surface area contributed by atoms with Crippen LogP contribution in [0.25, 0.3) is 33.7 Å². The van der Waals surface area contributed by atoms with Crippen molar-refractivity contribution in [3.63, 3.8) is 0 Å². The minimum Gasteiger partial charge on any atom is -0.490 e. The zero-order valence-corrected chi connectivity index (χ0v) is 26.2. The minimum atomic E-state index is -1.36. The molecule has 2 aliphatic rings. The van der Waals surface area contributed by atoms with Crippen LogP contribution in [0, 0.1) is 19.7 Å². The Hall–Kier alpha value is -4.03. The van der Waals surface area contributed by atoms with Gasteiger partial charge in [0.25, 0.3) is 5.89 Å². The number of hydrogen-bond donors (Lipinski definition) is 1. The van der Waals surface area contributed by atoms with Gasteiger partial charge in [0.05, 0.1) is 31.5 Å². The van der Waals surface area contributed by atoms with E-state index in [-0.39, 0.29) is 17.7 Å². The summed E-state index contributed by atoms with van der Waals surface area (Å²) >= 11 is 0. The summed E-state index contributed by atoms with van der Waals surface area (Å²) in [5.74, 6) is -1.12. The van der Waals surface area contributed by atoms with Gasteiger partial charge in [-0.05, 0) is 77.6 Å². The summed E-state index contributed by atoms with van der Waals surface area (Å²) in [6, 6.07) is 3.75. The first-order valence-electron chi connectivity index (χ1n) is 14.9. The van der Waals surface area contributed by atoms with Gasteiger partial charge in [0.1, 0.15) is 11.3 Å². The monoisotopic (exact) mass is 607 g/mol. The van der Waals surface area contributed by atoms with Crippen molar-refractivity contribution in [1.29, 1.82) is 0 Å². The number of aliphatic carboxylic acids is 1. The molecular formula is C32H38FN5O6. The molecule has 5 heterocycles. The van der Waals surface area contributed by atoms with E-state index in [4.69, 9.17) is 23.6 Å². The van der Waals surface area contributed by atoms with E-state index >= 15 is 4.39 Å². The Kier molecular flexibility index (Phi) is 7.61. The molecule has 4 aromatic rings. The third kappa shape index (κ3) is 5.19. The third-order valence-corrected chi connectivity index (χ3v) is 8.31. The van der Waals surface area contributed by atoms with Crippen molar-refractivity contribution in [3.8, 4) is 28.5 Å². The molecule has 1 N–H and O–H groups in total. The Morgan fingerprint density at radius 3 is 2.68 bits per heavy atom. The molecule has 12 heteroatoms. The van der Waals surface area contributed by atoms with Gasteiger partial charge >= 0.3 is 12.0 Å². The maximum Gasteiger partial charge on any atom is 0.337 e. The molecule has 0 spiro atoms. The number of fused-ring (bicyclic) bond motifs is 2. The van der Waals surface area contributed by atoms with Crippen molar-refractivity contribution in [2.24, 2.45) is 7.05 Å². The molecule has 2 aliphatic heterocycles. The Balaban J connectivity index is 1.61. The first-order valence-corrected chi connectivity index (χ1v) is 14.9. The number of benzene rings is 1. The van der Waals surface area contributed by atoms with Crippen molar-refractivity contribution in [2.45, 2.75) is 72.1 Å². The summed E-state index contributed by atoms with van der Waals surface area (Å²) in [6.45, 7) is 13.3. The lowest BCUT2D eigenvalue weighted by Gasteiger charge is -2.31. The van der Waals surface area contributed by atoms with E-state index in [9.17, 15) is 9.90 Å². The molecule has 2 atom stereocenters. The van der Waals surface area contributed by atoms with Gasteiger partial charge in [-0.15, -0.1) is 5.10 Å². The molecule has 0 radical (unpaired) electrons. The SMILES string of the molecule is Cc1nc2c(cc(-c3nnc(N4CCOC[C@H]4C)o3)n2C)c(-c2cc(F)c3c(c2C)CCCO3)c1[C@H](OC(C)(C)C)C(=O)O. The molecular weight excluding hydrogens is 569 g/mol. The van der Waals surface area contributed by atoms with Gasteiger partial charge in [-0.2, -0.15) is 0 Å². The van der Waals surface area contributed by atoms with Crippen molar-refractivity contribution in [3.05, 3.63) is 40.3 Å². The number of aromatic nitrogens is 4. The van der Waals surface area contributed by atoms with Crippen LogP contribution in [0.5, 0.6) is 5.75 Å². The number of carboxylic acid groups (broad SMARTS) is 1. The number of morpholine rings is 1. The van der Waals surface area contributed by atoms with Crippen LogP contribution in [0.4, 0.5) is 10.4 Å². The Morgan fingerprint density at radius 1 is 1.20 bits per heavy atom. The number of rotatable bonds is 6. The summed E-state index contributed by atoms with van der Waals surface area (Å²) in [4.78, 5) is 19.7. The van der Waals surface area contributed by atoms with Crippen molar-refractivity contribution in [1.82, 2.24) is 19.7 Å². The standard InChI is InChI=1S/C32H38FN5O6/c1-16-15-41-12-10-38(16)31-36-35-29(43-31)23-14-21-25(20-13-22(33)26-19(17(20)2)9-8-11-42-26)24(18(3)34-28(21)37(23)7)27(30(39)40)44-32(4,5)6/h13-14,16,27H,8-12,15H2,1-7H3,(H,39,40)/t16-,27+/m1/s1. The largest absolute Gasteiger partial charge is 0.490 e. The highest BCUT2D eigenvalue weighted by molar-refractivity contribution is 6.01. The molecule has 0 aliphatic carbocycles. The Bertz CT molecular complexity index is 1760. The molecule has 1 saturated heterocycles. The molecule has 6 rings (SSSR count). The van der Waals surface area contributed by atoms with Crippen molar-refractivity contribution >= 4 is 23.0 Å². The van der Waals surface area contributed by atoms with Crippen LogP contribution in [0.15, 0.2) is 16.5 Å². The second kappa shape index (κ2) is 11.2. The molecule has 0 amide bonds. The Labute approximate surface area is 254 Å². The zero-order chi connectivity index (χ0) is 31.5. The topological polar surface area (TPSA) is 125 Å². The number of pyridine rings is 1. The summed E-state index contributed by atoms with van der Waals surface area (Å²) in [7, 11) is 1.84. The summed E-state index contributed by atoms with van der Waals surface area (Å²) in [5, 5.41) is 19.8. The van der Waals surface area contributed by atoms with Crippen molar-refractivity contribution < 1.29 is 32.9 Å². The highest BCUT2D eigenvalue weighted by Crippen LogP contribution is 2.45. The summed E-state index contributed by atoms with van der Waals surface area (Å²) in [6.07, 6.45) is 0.0499.